The van der Waals surface area contributed by atoms with Gasteiger partial charge in [0.15, 0.2) is 6.10 Å². The minimum absolute atomic E-state index is 0.0662. The molecule has 0 bridgehead atoms. The molecule has 7 heteroatoms. The highest BCUT2D eigenvalue weighted by Gasteiger charge is 2.31. The molecule has 1 aliphatic heterocycles. The Morgan fingerprint density at radius 1 is 1.17 bits per heavy atom. The summed E-state index contributed by atoms with van der Waals surface area (Å²) in [5, 5.41) is 2.89. The SMILES string of the molecule is CCCN1C(=O)C(C)Oc2ccc(NC(=O)CCCOc3ccc(OC)cc3)cc21. The zero-order valence-electron chi connectivity index (χ0n) is 17.6. The van der Waals surface area contributed by atoms with Crippen molar-refractivity contribution in [2.75, 3.05) is 30.5 Å². The summed E-state index contributed by atoms with van der Waals surface area (Å²) in [6.07, 6.45) is 1.25. The summed E-state index contributed by atoms with van der Waals surface area (Å²) in [7, 11) is 1.61. The van der Waals surface area contributed by atoms with Crippen LogP contribution in [-0.2, 0) is 9.59 Å². The third kappa shape index (κ3) is 5.23. The predicted octanol–water partition coefficient (Wildman–Crippen LogP) is 4.02. The van der Waals surface area contributed by atoms with Gasteiger partial charge in [0.25, 0.3) is 5.91 Å². The van der Waals surface area contributed by atoms with Gasteiger partial charge in [-0.25, -0.2) is 0 Å². The van der Waals surface area contributed by atoms with Crippen LogP contribution in [0.25, 0.3) is 0 Å². The van der Waals surface area contributed by atoms with Crippen LogP contribution in [0.3, 0.4) is 0 Å². The fourth-order valence-corrected chi connectivity index (χ4v) is 3.26. The summed E-state index contributed by atoms with van der Waals surface area (Å²) in [5.41, 5.74) is 1.34. The van der Waals surface area contributed by atoms with Gasteiger partial charge in [-0.15, -0.1) is 0 Å². The second kappa shape index (κ2) is 10.0. The second-order valence-corrected chi connectivity index (χ2v) is 7.11. The van der Waals surface area contributed by atoms with E-state index in [2.05, 4.69) is 5.32 Å². The monoisotopic (exact) mass is 412 g/mol. The molecular formula is C23H28N2O5. The summed E-state index contributed by atoms with van der Waals surface area (Å²) in [4.78, 5) is 26.5. The molecule has 160 valence electrons. The van der Waals surface area contributed by atoms with Gasteiger partial charge in [-0.2, -0.15) is 0 Å². The van der Waals surface area contributed by atoms with Gasteiger partial charge in [0.1, 0.15) is 17.2 Å². The van der Waals surface area contributed by atoms with E-state index in [1.165, 1.54) is 0 Å². The fourth-order valence-electron chi connectivity index (χ4n) is 3.26. The Balaban J connectivity index is 1.52. The smallest absolute Gasteiger partial charge is 0.267 e. The van der Waals surface area contributed by atoms with Gasteiger partial charge in [0, 0.05) is 18.7 Å². The lowest BCUT2D eigenvalue weighted by Gasteiger charge is -2.33. The van der Waals surface area contributed by atoms with Crippen molar-refractivity contribution in [3.8, 4) is 17.2 Å². The summed E-state index contributed by atoms with van der Waals surface area (Å²) >= 11 is 0. The van der Waals surface area contributed by atoms with Crippen LogP contribution >= 0.6 is 0 Å². The molecule has 2 aromatic carbocycles. The number of fused-ring (bicyclic) bond motifs is 1. The van der Waals surface area contributed by atoms with E-state index in [-0.39, 0.29) is 11.8 Å². The molecule has 0 saturated heterocycles. The van der Waals surface area contributed by atoms with Gasteiger partial charge in [-0.3, -0.25) is 9.59 Å². The molecule has 1 N–H and O–H groups in total. The van der Waals surface area contributed by atoms with E-state index in [4.69, 9.17) is 14.2 Å². The number of anilines is 2. The highest BCUT2D eigenvalue weighted by Crippen LogP contribution is 2.36. The number of hydrogen-bond acceptors (Lipinski definition) is 5. The number of hydrogen-bond donors (Lipinski definition) is 1. The minimum atomic E-state index is -0.504. The quantitative estimate of drug-likeness (QED) is 0.630. The van der Waals surface area contributed by atoms with Gasteiger partial charge in [0.05, 0.1) is 19.4 Å². The first-order valence-electron chi connectivity index (χ1n) is 10.2. The van der Waals surface area contributed by atoms with E-state index in [1.54, 1.807) is 37.1 Å². The normalized spacial score (nSPS) is 15.2. The van der Waals surface area contributed by atoms with Gasteiger partial charge in [-0.1, -0.05) is 6.92 Å². The van der Waals surface area contributed by atoms with Gasteiger partial charge in [0.2, 0.25) is 5.91 Å². The highest BCUT2D eigenvalue weighted by molar-refractivity contribution is 6.01. The molecular weight excluding hydrogens is 384 g/mol. The topological polar surface area (TPSA) is 77.1 Å². The fraction of sp³-hybridized carbons (Fsp3) is 0.391. The predicted molar refractivity (Wildman–Crippen MR) is 116 cm³/mol. The summed E-state index contributed by atoms with van der Waals surface area (Å²) < 4.78 is 16.4. The van der Waals surface area contributed by atoms with E-state index in [1.807, 2.05) is 31.2 Å². The van der Waals surface area contributed by atoms with Crippen LogP contribution in [0.15, 0.2) is 42.5 Å². The van der Waals surface area contributed by atoms with E-state index in [0.717, 1.165) is 17.9 Å². The number of nitrogens with one attached hydrogen (secondary N) is 1. The maximum Gasteiger partial charge on any atom is 0.267 e. The number of amides is 2. The van der Waals surface area contributed by atoms with Crippen LogP contribution in [0.4, 0.5) is 11.4 Å². The van der Waals surface area contributed by atoms with Crippen molar-refractivity contribution in [1.82, 2.24) is 0 Å². The van der Waals surface area contributed by atoms with Crippen LogP contribution < -0.4 is 24.4 Å². The van der Waals surface area contributed by atoms with Crippen LogP contribution in [0, 0.1) is 0 Å². The van der Waals surface area contributed by atoms with E-state index in [9.17, 15) is 9.59 Å². The Morgan fingerprint density at radius 2 is 1.90 bits per heavy atom. The van der Waals surface area contributed by atoms with E-state index < -0.39 is 6.10 Å². The third-order valence-electron chi connectivity index (χ3n) is 4.77. The molecule has 2 amide bonds. The first kappa shape index (κ1) is 21.5. The largest absolute Gasteiger partial charge is 0.497 e. The van der Waals surface area contributed by atoms with Gasteiger partial charge in [-0.05, 0) is 62.2 Å². The number of nitrogens with zero attached hydrogens (tertiary/aromatic N) is 1. The zero-order valence-corrected chi connectivity index (χ0v) is 17.6. The van der Waals surface area contributed by atoms with Crippen molar-refractivity contribution in [2.24, 2.45) is 0 Å². The lowest BCUT2D eigenvalue weighted by molar-refractivity contribution is -0.125. The standard InChI is InChI=1S/C23H28N2O5/c1-4-13-25-20-15-17(7-12-21(20)30-16(2)23(25)27)24-22(26)6-5-14-29-19-10-8-18(28-3)9-11-19/h7-12,15-16H,4-6,13-14H2,1-3H3,(H,24,26). The van der Waals surface area contributed by atoms with Gasteiger partial charge >= 0.3 is 0 Å². The summed E-state index contributed by atoms with van der Waals surface area (Å²) in [6.45, 7) is 4.82. The molecule has 1 heterocycles. The van der Waals surface area contributed by atoms with Crippen molar-refractivity contribution in [3.05, 3.63) is 42.5 Å². The van der Waals surface area contributed by atoms with E-state index in [0.29, 0.717) is 43.1 Å². The molecule has 2 aromatic rings. The Morgan fingerprint density at radius 3 is 2.60 bits per heavy atom. The van der Waals surface area contributed by atoms with Crippen LogP contribution in [0.2, 0.25) is 0 Å². The Bertz CT molecular complexity index is 882. The average Bonchev–Trinajstić information content (AvgIpc) is 2.75. The number of benzene rings is 2. The molecule has 0 saturated carbocycles. The maximum atomic E-state index is 12.4. The lowest BCUT2D eigenvalue weighted by Crippen LogP contribution is -2.44. The van der Waals surface area contributed by atoms with Crippen LogP contribution in [0.1, 0.15) is 33.1 Å². The van der Waals surface area contributed by atoms with Crippen molar-refractivity contribution >= 4 is 23.2 Å². The molecule has 0 radical (unpaired) electrons. The van der Waals surface area contributed by atoms with Gasteiger partial charge < -0.3 is 24.4 Å². The van der Waals surface area contributed by atoms with Crippen LogP contribution in [-0.4, -0.2) is 38.2 Å². The molecule has 1 unspecified atom stereocenters. The molecule has 0 aliphatic carbocycles. The Hall–Kier alpha value is -3.22. The lowest BCUT2D eigenvalue weighted by atomic mass is 10.1. The van der Waals surface area contributed by atoms with E-state index >= 15 is 0 Å². The first-order valence-corrected chi connectivity index (χ1v) is 10.2. The number of methoxy groups -OCH3 is 1. The second-order valence-electron chi connectivity index (χ2n) is 7.11. The maximum absolute atomic E-state index is 12.4. The number of rotatable bonds is 9. The van der Waals surface area contributed by atoms with Crippen molar-refractivity contribution in [1.29, 1.82) is 0 Å². The Kier molecular flexibility index (Phi) is 7.17. The number of carbonyl (C=O) groups is 2. The number of carbonyl (C=O) groups excluding carboxylic acids is 2. The number of ether oxygens (including phenoxy) is 3. The minimum Gasteiger partial charge on any atom is -0.497 e. The van der Waals surface area contributed by atoms with Crippen molar-refractivity contribution in [3.63, 3.8) is 0 Å². The highest BCUT2D eigenvalue weighted by atomic mass is 16.5. The molecule has 1 aliphatic rings. The van der Waals surface area contributed by atoms with Crippen molar-refractivity contribution in [2.45, 2.75) is 39.2 Å². The Labute approximate surface area is 176 Å². The molecule has 0 fully saturated rings. The molecule has 0 spiro atoms. The molecule has 7 nitrogen and oxygen atoms in total. The first-order chi connectivity index (χ1) is 14.5. The molecule has 30 heavy (non-hydrogen) atoms. The third-order valence-corrected chi connectivity index (χ3v) is 4.77. The van der Waals surface area contributed by atoms with Crippen LogP contribution in [0.5, 0.6) is 17.2 Å². The zero-order chi connectivity index (χ0) is 21.5. The average molecular weight is 412 g/mol. The molecule has 0 aromatic heterocycles. The van der Waals surface area contributed by atoms with Crippen molar-refractivity contribution < 1.29 is 23.8 Å². The molecule has 3 rings (SSSR count). The summed E-state index contributed by atoms with van der Waals surface area (Å²) in [6, 6.07) is 12.7. The molecule has 1 atom stereocenters. The summed E-state index contributed by atoms with van der Waals surface area (Å²) in [5.74, 6) is 1.99.